The van der Waals surface area contributed by atoms with E-state index in [9.17, 15) is 14.0 Å². The normalized spacial score (nSPS) is 16.6. The lowest BCUT2D eigenvalue weighted by Crippen LogP contribution is -2.40. The van der Waals surface area contributed by atoms with Crippen LogP contribution in [0.25, 0.3) is 0 Å². The molecule has 1 fully saturated rings. The van der Waals surface area contributed by atoms with E-state index in [1.54, 1.807) is 30.3 Å². The molecule has 1 aromatic heterocycles. The molecule has 5 nitrogen and oxygen atoms in total. The molecule has 1 atom stereocenters. The minimum Gasteiger partial charge on any atom is -0.452 e. The lowest BCUT2D eigenvalue weighted by atomic mass is 9.78. The first kappa shape index (κ1) is 19.3. The van der Waals surface area contributed by atoms with E-state index < -0.39 is 29.2 Å². The fourth-order valence-electron chi connectivity index (χ4n) is 3.42. The van der Waals surface area contributed by atoms with E-state index in [1.807, 2.05) is 0 Å². The van der Waals surface area contributed by atoms with Gasteiger partial charge in [-0.3, -0.25) is 9.59 Å². The first-order valence-corrected chi connectivity index (χ1v) is 9.19. The van der Waals surface area contributed by atoms with E-state index in [2.05, 4.69) is 10.3 Å². The number of ether oxygens (including phenoxy) is 1. The Morgan fingerprint density at radius 1 is 1.22 bits per heavy atom. The van der Waals surface area contributed by atoms with E-state index in [-0.39, 0.29) is 0 Å². The molecule has 1 aliphatic rings. The molecule has 0 spiro atoms. The van der Waals surface area contributed by atoms with Crippen LogP contribution in [-0.4, -0.2) is 23.0 Å². The predicted molar refractivity (Wildman–Crippen MR) is 100.0 cm³/mol. The van der Waals surface area contributed by atoms with Gasteiger partial charge in [0.25, 0.3) is 5.91 Å². The lowest BCUT2D eigenvalue weighted by Gasteiger charge is -2.29. The Bertz CT molecular complexity index is 835. The zero-order valence-corrected chi connectivity index (χ0v) is 15.6. The molecule has 1 aliphatic carbocycles. The Labute approximate surface area is 161 Å². The van der Waals surface area contributed by atoms with Crippen LogP contribution in [0.1, 0.15) is 38.2 Å². The average Bonchev–Trinajstić information content (AvgIpc) is 3.15. The van der Waals surface area contributed by atoms with E-state index >= 15 is 0 Å². The topological polar surface area (TPSA) is 68.3 Å². The van der Waals surface area contributed by atoms with Crippen molar-refractivity contribution in [1.29, 1.82) is 0 Å². The number of anilines is 1. The Kier molecular flexibility index (Phi) is 5.75. The van der Waals surface area contributed by atoms with Gasteiger partial charge in [0.15, 0.2) is 6.10 Å². The van der Waals surface area contributed by atoms with Crippen LogP contribution >= 0.6 is 11.6 Å². The summed E-state index contributed by atoms with van der Waals surface area (Å²) < 4.78 is 19.8. The summed E-state index contributed by atoms with van der Waals surface area (Å²) in [6.07, 6.45) is 2.97. The highest BCUT2D eigenvalue weighted by Gasteiger charge is 2.46. The number of benzene rings is 1. The van der Waals surface area contributed by atoms with E-state index in [4.69, 9.17) is 16.3 Å². The van der Waals surface area contributed by atoms with Crippen molar-refractivity contribution in [2.45, 2.75) is 44.1 Å². The van der Waals surface area contributed by atoms with Crippen LogP contribution in [-0.2, 0) is 19.7 Å². The van der Waals surface area contributed by atoms with Gasteiger partial charge in [0.2, 0.25) is 0 Å². The van der Waals surface area contributed by atoms with Gasteiger partial charge in [-0.25, -0.2) is 9.37 Å². The van der Waals surface area contributed by atoms with Gasteiger partial charge in [0.1, 0.15) is 11.6 Å². The van der Waals surface area contributed by atoms with E-state index in [0.29, 0.717) is 29.2 Å². The standard InChI is InChI=1S/C20H20ClFN2O3/c1-13(18(25)24-17-9-8-14(21)12-23-17)27-19(26)20(10-4-5-11-20)15-6-2-3-7-16(15)22/h2-3,6-9,12-13H,4-5,10-11H2,1H3,(H,23,24,25)/t13-/m1/s1. The third kappa shape index (κ3) is 4.11. The Morgan fingerprint density at radius 3 is 2.56 bits per heavy atom. The van der Waals surface area contributed by atoms with Gasteiger partial charge < -0.3 is 10.1 Å². The highest BCUT2D eigenvalue weighted by Crippen LogP contribution is 2.43. The van der Waals surface area contributed by atoms with Gasteiger partial charge in [-0.1, -0.05) is 42.6 Å². The van der Waals surface area contributed by atoms with Crippen LogP contribution in [0.4, 0.5) is 10.2 Å². The molecule has 1 N–H and O–H groups in total. The largest absolute Gasteiger partial charge is 0.452 e. The Balaban J connectivity index is 1.73. The molecular weight excluding hydrogens is 371 g/mol. The number of esters is 1. The Hall–Kier alpha value is -2.47. The SMILES string of the molecule is C[C@@H](OC(=O)C1(c2ccccc2F)CCCC1)C(=O)Nc1ccc(Cl)cn1. The highest BCUT2D eigenvalue weighted by atomic mass is 35.5. The summed E-state index contributed by atoms with van der Waals surface area (Å²) >= 11 is 5.76. The first-order chi connectivity index (χ1) is 12.9. The zero-order chi connectivity index (χ0) is 19.4. The second-order valence-corrected chi connectivity index (χ2v) is 7.10. The Morgan fingerprint density at radius 2 is 1.93 bits per heavy atom. The van der Waals surface area contributed by atoms with Crippen molar-refractivity contribution >= 4 is 29.3 Å². The number of pyridine rings is 1. The summed E-state index contributed by atoms with van der Waals surface area (Å²) in [4.78, 5) is 29.2. The smallest absolute Gasteiger partial charge is 0.317 e. The molecule has 0 radical (unpaired) electrons. The van der Waals surface area contributed by atoms with Crippen molar-refractivity contribution in [1.82, 2.24) is 4.98 Å². The summed E-state index contributed by atoms with van der Waals surface area (Å²) in [5, 5.41) is 3.01. The molecule has 1 saturated carbocycles. The number of carbonyl (C=O) groups is 2. The fourth-order valence-corrected chi connectivity index (χ4v) is 3.53. The average molecular weight is 391 g/mol. The molecule has 1 aromatic carbocycles. The third-order valence-electron chi connectivity index (χ3n) is 4.87. The maximum Gasteiger partial charge on any atom is 0.317 e. The van der Waals surface area contributed by atoms with E-state index in [0.717, 1.165) is 12.8 Å². The van der Waals surface area contributed by atoms with Crippen molar-refractivity contribution in [3.8, 4) is 0 Å². The molecule has 2 aromatic rings. The summed E-state index contributed by atoms with van der Waals surface area (Å²) in [6, 6.07) is 9.38. The summed E-state index contributed by atoms with van der Waals surface area (Å²) in [7, 11) is 0. The third-order valence-corrected chi connectivity index (χ3v) is 5.09. The summed E-state index contributed by atoms with van der Waals surface area (Å²) in [6.45, 7) is 1.48. The van der Waals surface area contributed by atoms with Gasteiger partial charge in [-0.05, 0) is 38.0 Å². The van der Waals surface area contributed by atoms with Crippen LogP contribution in [0.5, 0.6) is 0 Å². The lowest BCUT2D eigenvalue weighted by molar-refractivity contribution is -0.159. The number of aromatic nitrogens is 1. The fraction of sp³-hybridized carbons (Fsp3) is 0.350. The van der Waals surface area contributed by atoms with Gasteiger partial charge in [0, 0.05) is 11.8 Å². The van der Waals surface area contributed by atoms with Crippen molar-refractivity contribution in [3.05, 3.63) is 59.0 Å². The predicted octanol–water partition coefficient (Wildman–Crippen LogP) is 4.26. The number of rotatable bonds is 5. The van der Waals surface area contributed by atoms with Gasteiger partial charge in [0.05, 0.1) is 10.4 Å². The number of carbonyl (C=O) groups excluding carboxylic acids is 2. The van der Waals surface area contributed by atoms with Crippen LogP contribution in [0, 0.1) is 5.82 Å². The molecule has 0 unspecified atom stereocenters. The maximum absolute atomic E-state index is 14.4. The van der Waals surface area contributed by atoms with Crippen LogP contribution in [0.2, 0.25) is 5.02 Å². The molecule has 1 amide bonds. The van der Waals surface area contributed by atoms with Crippen molar-refractivity contribution in [2.24, 2.45) is 0 Å². The molecule has 1 heterocycles. The maximum atomic E-state index is 14.4. The quantitative estimate of drug-likeness (QED) is 0.774. The van der Waals surface area contributed by atoms with Crippen molar-refractivity contribution < 1.29 is 18.7 Å². The summed E-state index contributed by atoms with van der Waals surface area (Å²) in [5.41, 5.74) is -0.710. The molecule has 7 heteroatoms. The second kappa shape index (κ2) is 8.05. The van der Waals surface area contributed by atoms with Crippen molar-refractivity contribution in [2.75, 3.05) is 5.32 Å². The molecule has 0 bridgehead atoms. The molecule has 142 valence electrons. The molecule has 27 heavy (non-hydrogen) atoms. The van der Waals surface area contributed by atoms with Crippen LogP contribution < -0.4 is 5.32 Å². The number of hydrogen-bond donors (Lipinski definition) is 1. The number of halogens is 2. The zero-order valence-electron chi connectivity index (χ0n) is 14.9. The number of amides is 1. The van der Waals surface area contributed by atoms with Crippen molar-refractivity contribution in [3.63, 3.8) is 0 Å². The molecule has 3 rings (SSSR count). The van der Waals surface area contributed by atoms with Crippen LogP contribution in [0.3, 0.4) is 0 Å². The first-order valence-electron chi connectivity index (χ1n) is 8.81. The monoisotopic (exact) mass is 390 g/mol. The van der Waals surface area contributed by atoms with E-state index in [1.165, 1.54) is 19.2 Å². The number of nitrogens with zero attached hydrogens (tertiary/aromatic N) is 1. The number of hydrogen-bond acceptors (Lipinski definition) is 4. The van der Waals surface area contributed by atoms with Crippen LogP contribution in [0.15, 0.2) is 42.6 Å². The minimum atomic E-state index is -1.04. The summed E-state index contributed by atoms with van der Waals surface area (Å²) in [5.74, 6) is -1.22. The highest BCUT2D eigenvalue weighted by molar-refractivity contribution is 6.30. The molecule has 0 saturated heterocycles. The number of nitrogens with one attached hydrogen (secondary N) is 1. The van der Waals surface area contributed by atoms with Gasteiger partial charge in [-0.2, -0.15) is 0 Å². The van der Waals surface area contributed by atoms with Gasteiger partial charge in [-0.15, -0.1) is 0 Å². The minimum absolute atomic E-state index is 0.303. The second-order valence-electron chi connectivity index (χ2n) is 6.67. The molecule has 0 aliphatic heterocycles. The van der Waals surface area contributed by atoms with Gasteiger partial charge >= 0.3 is 5.97 Å². The molecular formula is C20H20ClFN2O3.